The molecule has 0 unspecified atom stereocenters. The van der Waals surface area contributed by atoms with Crippen LogP contribution in [0.25, 0.3) is 10.2 Å². The molecular weight excluding hydrogens is 404 g/mol. The van der Waals surface area contributed by atoms with Crippen LogP contribution in [-0.2, 0) is 6.54 Å². The maximum atomic E-state index is 13.5. The van der Waals surface area contributed by atoms with E-state index in [0.29, 0.717) is 23.2 Å². The maximum absolute atomic E-state index is 13.5. The molecule has 6 nitrogen and oxygen atoms in total. The summed E-state index contributed by atoms with van der Waals surface area (Å²) in [5.41, 5.74) is 2.45. The molecule has 0 fully saturated rings. The first-order valence-corrected chi connectivity index (χ1v) is 10.9. The van der Waals surface area contributed by atoms with E-state index in [2.05, 4.69) is 9.97 Å². The highest BCUT2D eigenvalue weighted by molar-refractivity contribution is 7.22. The van der Waals surface area contributed by atoms with E-state index in [4.69, 9.17) is 9.72 Å². The maximum Gasteiger partial charge on any atom is 0.272 e. The van der Waals surface area contributed by atoms with Crippen molar-refractivity contribution in [2.45, 2.75) is 27.3 Å². The van der Waals surface area contributed by atoms with Crippen molar-refractivity contribution >= 4 is 43.9 Å². The summed E-state index contributed by atoms with van der Waals surface area (Å²) in [6.45, 7) is 6.66. The lowest BCUT2D eigenvalue weighted by molar-refractivity contribution is 0.0988. The molecule has 1 aromatic carbocycles. The molecular formula is C21H20N4O2S2. The molecule has 0 saturated heterocycles. The number of fused-ring (bicyclic) bond motifs is 1. The Bertz CT molecular complexity index is 1150. The van der Waals surface area contributed by atoms with Crippen LogP contribution in [0.3, 0.4) is 0 Å². The minimum atomic E-state index is -0.103. The van der Waals surface area contributed by atoms with Crippen LogP contribution in [-0.4, -0.2) is 27.5 Å². The van der Waals surface area contributed by atoms with Crippen molar-refractivity contribution in [2.24, 2.45) is 0 Å². The summed E-state index contributed by atoms with van der Waals surface area (Å²) in [5.74, 6) is 0.625. The standard InChI is InChI=1S/C21H20N4O2S2/c1-4-27-16-8-5-9-17-18(16)24-21(29-17)25(12-15-7-6-10-22-11-15)20(26)19-13(2)23-14(3)28-19/h5-11H,4,12H2,1-3H3. The lowest BCUT2D eigenvalue weighted by Gasteiger charge is -2.19. The molecule has 0 radical (unpaired) electrons. The number of rotatable bonds is 6. The van der Waals surface area contributed by atoms with Crippen molar-refractivity contribution in [1.82, 2.24) is 15.0 Å². The van der Waals surface area contributed by atoms with Crippen molar-refractivity contribution in [2.75, 3.05) is 11.5 Å². The smallest absolute Gasteiger partial charge is 0.272 e. The van der Waals surface area contributed by atoms with Gasteiger partial charge in [0.1, 0.15) is 16.1 Å². The van der Waals surface area contributed by atoms with Gasteiger partial charge >= 0.3 is 0 Å². The molecule has 29 heavy (non-hydrogen) atoms. The fourth-order valence-electron chi connectivity index (χ4n) is 3.05. The Kier molecular flexibility index (Phi) is 5.55. The number of benzene rings is 1. The summed E-state index contributed by atoms with van der Waals surface area (Å²) in [7, 11) is 0. The molecule has 0 atom stereocenters. The van der Waals surface area contributed by atoms with Crippen LogP contribution in [0.4, 0.5) is 5.13 Å². The zero-order valence-electron chi connectivity index (χ0n) is 16.4. The predicted molar refractivity (Wildman–Crippen MR) is 117 cm³/mol. The summed E-state index contributed by atoms with van der Waals surface area (Å²) >= 11 is 2.89. The number of anilines is 1. The van der Waals surface area contributed by atoms with Crippen LogP contribution in [0.5, 0.6) is 5.75 Å². The molecule has 8 heteroatoms. The van der Waals surface area contributed by atoms with Gasteiger partial charge < -0.3 is 4.74 Å². The first-order chi connectivity index (χ1) is 14.1. The summed E-state index contributed by atoms with van der Waals surface area (Å²) in [6.07, 6.45) is 3.49. The molecule has 0 N–H and O–H groups in total. The third-order valence-electron chi connectivity index (χ3n) is 4.31. The number of nitrogens with zero attached hydrogens (tertiary/aromatic N) is 4. The van der Waals surface area contributed by atoms with Crippen molar-refractivity contribution in [3.63, 3.8) is 0 Å². The van der Waals surface area contributed by atoms with Gasteiger partial charge in [0.25, 0.3) is 5.91 Å². The Hall–Kier alpha value is -2.84. The molecule has 0 aliphatic rings. The number of aromatic nitrogens is 3. The number of thiazole rings is 2. The fraction of sp³-hybridized carbons (Fsp3) is 0.238. The Morgan fingerprint density at radius 1 is 1.14 bits per heavy atom. The molecule has 1 amide bonds. The fourth-order valence-corrected chi connectivity index (χ4v) is 4.90. The summed E-state index contributed by atoms with van der Waals surface area (Å²) in [6, 6.07) is 9.66. The number of hydrogen-bond acceptors (Lipinski definition) is 7. The molecule has 3 heterocycles. The highest BCUT2D eigenvalue weighted by Crippen LogP contribution is 2.36. The number of pyridine rings is 1. The van der Waals surface area contributed by atoms with Gasteiger partial charge in [-0.15, -0.1) is 11.3 Å². The molecule has 3 aromatic heterocycles. The minimum Gasteiger partial charge on any atom is -0.492 e. The Morgan fingerprint density at radius 3 is 2.69 bits per heavy atom. The minimum absolute atomic E-state index is 0.103. The van der Waals surface area contributed by atoms with Crippen molar-refractivity contribution in [3.8, 4) is 5.75 Å². The van der Waals surface area contributed by atoms with Gasteiger partial charge in [-0.2, -0.15) is 0 Å². The van der Waals surface area contributed by atoms with Crippen LogP contribution in [0.1, 0.15) is 32.9 Å². The Labute approximate surface area is 176 Å². The van der Waals surface area contributed by atoms with Crippen molar-refractivity contribution in [3.05, 3.63) is 63.9 Å². The first kappa shape index (κ1) is 19.5. The number of carbonyl (C=O) groups is 1. The number of hydrogen-bond donors (Lipinski definition) is 0. The van der Waals surface area contributed by atoms with E-state index in [-0.39, 0.29) is 5.91 Å². The largest absolute Gasteiger partial charge is 0.492 e. The molecule has 0 aliphatic carbocycles. The van der Waals surface area contributed by atoms with E-state index in [1.54, 1.807) is 17.3 Å². The summed E-state index contributed by atoms with van der Waals surface area (Å²) < 4.78 is 6.70. The van der Waals surface area contributed by atoms with Gasteiger partial charge in [-0.05, 0) is 44.5 Å². The van der Waals surface area contributed by atoms with Gasteiger partial charge in [0.05, 0.1) is 28.6 Å². The third kappa shape index (κ3) is 3.99. The normalized spacial score (nSPS) is 11.0. The Morgan fingerprint density at radius 2 is 2.00 bits per heavy atom. The van der Waals surface area contributed by atoms with Gasteiger partial charge in [-0.3, -0.25) is 14.7 Å². The second kappa shape index (κ2) is 8.26. The molecule has 4 aromatic rings. The van der Waals surface area contributed by atoms with Gasteiger partial charge in [0, 0.05) is 12.4 Å². The first-order valence-electron chi connectivity index (χ1n) is 9.24. The number of amides is 1. The highest BCUT2D eigenvalue weighted by Gasteiger charge is 2.26. The summed E-state index contributed by atoms with van der Waals surface area (Å²) in [5, 5.41) is 1.50. The van der Waals surface area contributed by atoms with Crippen molar-refractivity contribution < 1.29 is 9.53 Å². The predicted octanol–water partition coefficient (Wildman–Crippen LogP) is 5.01. The molecule has 0 spiro atoms. The number of carbonyl (C=O) groups excluding carboxylic acids is 1. The molecule has 0 bridgehead atoms. The van der Waals surface area contributed by atoms with Gasteiger partial charge in [0.2, 0.25) is 0 Å². The average Bonchev–Trinajstić information content (AvgIpc) is 3.30. The van der Waals surface area contributed by atoms with Crippen LogP contribution in [0.2, 0.25) is 0 Å². The van der Waals surface area contributed by atoms with E-state index in [0.717, 1.165) is 32.2 Å². The lowest BCUT2D eigenvalue weighted by atomic mass is 10.2. The van der Waals surface area contributed by atoms with E-state index < -0.39 is 0 Å². The zero-order valence-corrected chi connectivity index (χ0v) is 18.0. The Balaban J connectivity index is 1.79. The van der Waals surface area contributed by atoms with Crippen LogP contribution in [0, 0.1) is 13.8 Å². The monoisotopic (exact) mass is 424 g/mol. The van der Waals surface area contributed by atoms with Gasteiger partial charge in [-0.1, -0.05) is 23.5 Å². The third-order valence-corrected chi connectivity index (χ3v) is 6.41. The SMILES string of the molecule is CCOc1cccc2sc(N(Cc3cccnc3)C(=O)c3sc(C)nc3C)nc12. The number of ether oxygens (including phenoxy) is 1. The quantitative estimate of drug-likeness (QED) is 0.435. The van der Waals surface area contributed by atoms with Gasteiger partial charge in [-0.25, -0.2) is 9.97 Å². The van der Waals surface area contributed by atoms with E-state index in [1.165, 1.54) is 22.7 Å². The van der Waals surface area contributed by atoms with Crippen molar-refractivity contribution in [1.29, 1.82) is 0 Å². The molecule has 148 valence electrons. The second-order valence-electron chi connectivity index (χ2n) is 6.43. The van der Waals surface area contributed by atoms with Crippen LogP contribution < -0.4 is 9.64 Å². The molecule has 0 saturated carbocycles. The van der Waals surface area contributed by atoms with E-state index >= 15 is 0 Å². The number of aryl methyl sites for hydroxylation is 2. The second-order valence-corrected chi connectivity index (χ2v) is 8.64. The lowest BCUT2D eigenvalue weighted by Crippen LogP contribution is -2.30. The van der Waals surface area contributed by atoms with Crippen LogP contribution >= 0.6 is 22.7 Å². The molecule has 0 aliphatic heterocycles. The van der Waals surface area contributed by atoms with E-state index in [9.17, 15) is 4.79 Å². The number of para-hydroxylation sites is 1. The zero-order chi connectivity index (χ0) is 20.4. The molecule has 4 rings (SSSR count). The highest BCUT2D eigenvalue weighted by atomic mass is 32.1. The van der Waals surface area contributed by atoms with Crippen LogP contribution in [0.15, 0.2) is 42.7 Å². The average molecular weight is 425 g/mol. The van der Waals surface area contributed by atoms with E-state index in [1.807, 2.05) is 51.1 Å². The summed E-state index contributed by atoms with van der Waals surface area (Å²) in [4.78, 5) is 29.2. The topological polar surface area (TPSA) is 68.2 Å². The van der Waals surface area contributed by atoms with Gasteiger partial charge in [0.15, 0.2) is 5.13 Å².